The predicted octanol–water partition coefficient (Wildman–Crippen LogP) is 4.89. The van der Waals surface area contributed by atoms with E-state index in [2.05, 4.69) is 21.2 Å². The molecule has 0 bridgehead atoms. The largest absolute Gasteiger partial charge is 0.462 e. The minimum atomic E-state index is -0.315. The maximum absolute atomic E-state index is 11.7. The van der Waals surface area contributed by atoms with Crippen molar-refractivity contribution < 1.29 is 9.53 Å². The summed E-state index contributed by atoms with van der Waals surface area (Å²) in [7, 11) is 0. The van der Waals surface area contributed by atoms with Gasteiger partial charge in [-0.2, -0.15) is 0 Å². The van der Waals surface area contributed by atoms with Gasteiger partial charge in [0.25, 0.3) is 0 Å². The van der Waals surface area contributed by atoms with Gasteiger partial charge < -0.3 is 10.1 Å². The number of halogens is 2. The molecule has 0 fully saturated rings. The summed E-state index contributed by atoms with van der Waals surface area (Å²) in [6.07, 6.45) is 0. The van der Waals surface area contributed by atoms with Gasteiger partial charge in [-0.1, -0.05) is 33.6 Å². The highest BCUT2D eigenvalue weighted by Gasteiger charge is 2.07. The average molecular weight is 369 g/mol. The number of rotatable bonds is 5. The predicted molar refractivity (Wildman–Crippen MR) is 88.9 cm³/mol. The Hall–Kier alpha value is -1.52. The highest BCUT2D eigenvalue weighted by atomic mass is 79.9. The Morgan fingerprint density at radius 2 is 2.10 bits per heavy atom. The van der Waals surface area contributed by atoms with Crippen molar-refractivity contribution in [3.8, 4) is 0 Å². The van der Waals surface area contributed by atoms with E-state index in [0.29, 0.717) is 23.7 Å². The molecule has 2 aromatic carbocycles. The van der Waals surface area contributed by atoms with Gasteiger partial charge in [-0.05, 0) is 48.9 Å². The zero-order valence-corrected chi connectivity index (χ0v) is 13.9. The molecule has 0 amide bonds. The van der Waals surface area contributed by atoms with E-state index in [0.717, 1.165) is 15.7 Å². The lowest BCUT2D eigenvalue weighted by atomic mass is 10.2. The lowest BCUT2D eigenvalue weighted by molar-refractivity contribution is 0.0526. The quantitative estimate of drug-likeness (QED) is 0.764. The second-order valence-corrected chi connectivity index (χ2v) is 5.68. The van der Waals surface area contributed by atoms with Crippen LogP contribution in [0, 0.1) is 0 Å². The molecule has 0 unspecified atom stereocenters. The number of hydrogen-bond donors (Lipinski definition) is 1. The van der Waals surface area contributed by atoms with Crippen LogP contribution in [0.2, 0.25) is 5.02 Å². The number of carbonyl (C=O) groups excluding carboxylic acids is 1. The fraction of sp³-hybridized carbons (Fsp3) is 0.188. The monoisotopic (exact) mass is 367 g/mol. The van der Waals surface area contributed by atoms with Gasteiger partial charge in [0.15, 0.2) is 0 Å². The van der Waals surface area contributed by atoms with Crippen molar-refractivity contribution in [3.63, 3.8) is 0 Å². The molecular weight excluding hydrogens is 354 g/mol. The van der Waals surface area contributed by atoms with E-state index in [1.807, 2.05) is 30.3 Å². The molecule has 0 spiro atoms. The van der Waals surface area contributed by atoms with Crippen molar-refractivity contribution in [1.29, 1.82) is 0 Å². The Labute approximate surface area is 137 Å². The van der Waals surface area contributed by atoms with Gasteiger partial charge in [0.05, 0.1) is 12.2 Å². The third-order valence-electron chi connectivity index (χ3n) is 2.86. The fourth-order valence-corrected chi connectivity index (χ4v) is 2.43. The molecule has 0 heterocycles. The highest BCUT2D eigenvalue weighted by Crippen LogP contribution is 2.22. The molecule has 0 saturated carbocycles. The number of benzene rings is 2. The van der Waals surface area contributed by atoms with E-state index in [1.165, 1.54) is 0 Å². The second-order valence-electron chi connectivity index (χ2n) is 4.39. The molecule has 1 N–H and O–H groups in total. The van der Waals surface area contributed by atoms with Gasteiger partial charge >= 0.3 is 5.97 Å². The van der Waals surface area contributed by atoms with Crippen molar-refractivity contribution in [3.05, 3.63) is 63.1 Å². The van der Waals surface area contributed by atoms with Crippen molar-refractivity contribution in [2.75, 3.05) is 11.9 Å². The number of anilines is 1. The van der Waals surface area contributed by atoms with Crippen LogP contribution < -0.4 is 5.32 Å². The van der Waals surface area contributed by atoms with Gasteiger partial charge in [0, 0.05) is 21.7 Å². The molecule has 5 heteroatoms. The Morgan fingerprint density at radius 1 is 1.29 bits per heavy atom. The van der Waals surface area contributed by atoms with Crippen LogP contribution in [0.1, 0.15) is 22.8 Å². The third kappa shape index (κ3) is 4.48. The summed E-state index contributed by atoms with van der Waals surface area (Å²) in [6.45, 7) is 2.76. The van der Waals surface area contributed by atoms with E-state index in [1.54, 1.807) is 19.1 Å². The summed E-state index contributed by atoms with van der Waals surface area (Å²) in [5, 5.41) is 3.96. The minimum absolute atomic E-state index is 0.315. The molecule has 0 atom stereocenters. The summed E-state index contributed by atoms with van der Waals surface area (Å²) >= 11 is 9.48. The van der Waals surface area contributed by atoms with Gasteiger partial charge in [-0.15, -0.1) is 0 Å². The van der Waals surface area contributed by atoms with Crippen LogP contribution in [-0.4, -0.2) is 12.6 Å². The summed E-state index contributed by atoms with van der Waals surface area (Å²) in [5.74, 6) is -0.315. The van der Waals surface area contributed by atoms with Crippen molar-refractivity contribution >= 4 is 39.2 Å². The van der Waals surface area contributed by atoms with Crippen molar-refractivity contribution in [2.45, 2.75) is 13.5 Å². The molecular formula is C16H15BrClNO2. The molecule has 0 aliphatic carbocycles. The van der Waals surface area contributed by atoms with E-state index in [4.69, 9.17) is 16.3 Å². The molecule has 3 nitrogen and oxygen atoms in total. The molecule has 0 aliphatic heterocycles. The molecule has 0 saturated heterocycles. The fourth-order valence-electron chi connectivity index (χ4n) is 1.85. The molecule has 110 valence electrons. The van der Waals surface area contributed by atoms with Crippen LogP contribution in [-0.2, 0) is 11.3 Å². The number of esters is 1. The normalized spacial score (nSPS) is 10.2. The smallest absolute Gasteiger partial charge is 0.338 e. The van der Waals surface area contributed by atoms with Crippen LogP contribution in [0.5, 0.6) is 0 Å². The molecule has 2 aromatic rings. The van der Waals surface area contributed by atoms with Gasteiger partial charge in [0.2, 0.25) is 0 Å². The van der Waals surface area contributed by atoms with Crippen LogP contribution >= 0.6 is 27.5 Å². The van der Waals surface area contributed by atoms with Gasteiger partial charge in [-0.25, -0.2) is 4.79 Å². The number of carbonyl (C=O) groups is 1. The first-order valence-electron chi connectivity index (χ1n) is 6.55. The lowest BCUT2D eigenvalue weighted by Crippen LogP contribution is -2.06. The first-order chi connectivity index (χ1) is 10.1. The molecule has 2 rings (SSSR count). The maximum Gasteiger partial charge on any atom is 0.338 e. The Bertz CT molecular complexity index is 646. The Balaban J connectivity index is 2.08. The standard InChI is InChI=1S/C16H15BrClNO2/c1-2-21-16(20)11-4-3-5-14(9-11)19-10-12-8-13(18)6-7-15(12)17/h3-9,19H,2,10H2,1H3. The summed E-state index contributed by atoms with van der Waals surface area (Å²) in [5.41, 5.74) is 2.43. The molecule has 0 radical (unpaired) electrons. The average Bonchev–Trinajstić information content (AvgIpc) is 2.49. The van der Waals surface area contributed by atoms with Gasteiger partial charge in [0.1, 0.15) is 0 Å². The minimum Gasteiger partial charge on any atom is -0.462 e. The van der Waals surface area contributed by atoms with E-state index in [-0.39, 0.29) is 5.97 Å². The molecule has 0 aliphatic rings. The van der Waals surface area contributed by atoms with E-state index in [9.17, 15) is 4.79 Å². The maximum atomic E-state index is 11.7. The zero-order chi connectivity index (χ0) is 15.2. The number of ether oxygens (including phenoxy) is 1. The van der Waals surface area contributed by atoms with Crippen molar-refractivity contribution in [1.82, 2.24) is 0 Å². The van der Waals surface area contributed by atoms with Crippen LogP contribution in [0.3, 0.4) is 0 Å². The summed E-state index contributed by atoms with van der Waals surface area (Å²) < 4.78 is 5.98. The van der Waals surface area contributed by atoms with Crippen molar-refractivity contribution in [2.24, 2.45) is 0 Å². The summed E-state index contributed by atoms with van der Waals surface area (Å²) in [4.78, 5) is 11.7. The first-order valence-corrected chi connectivity index (χ1v) is 7.72. The van der Waals surface area contributed by atoms with E-state index < -0.39 is 0 Å². The van der Waals surface area contributed by atoms with Gasteiger partial charge in [-0.3, -0.25) is 0 Å². The summed E-state index contributed by atoms with van der Waals surface area (Å²) in [6, 6.07) is 12.9. The van der Waals surface area contributed by atoms with Crippen LogP contribution in [0.15, 0.2) is 46.9 Å². The SMILES string of the molecule is CCOC(=O)c1cccc(NCc2cc(Cl)ccc2Br)c1. The van der Waals surface area contributed by atoms with E-state index >= 15 is 0 Å². The first kappa shape index (κ1) is 15.9. The second kappa shape index (κ2) is 7.48. The Morgan fingerprint density at radius 3 is 2.86 bits per heavy atom. The molecule has 0 aromatic heterocycles. The number of nitrogens with one attached hydrogen (secondary N) is 1. The van der Waals surface area contributed by atoms with Crippen LogP contribution in [0.25, 0.3) is 0 Å². The van der Waals surface area contributed by atoms with Crippen LogP contribution in [0.4, 0.5) is 5.69 Å². The Kier molecular flexibility index (Phi) is 5.65. The third-order valence-corrected chi connectivity index (χ3v) is 3.87. The molecule has 21 heavy (non-hydrogen) atoms. The lowest BCUT2D eigenvalue weighted by Gasteiger charge is -2.10. The number of hydrogen-bond acceptors (Lipinski definition) is 3. The highest BCUT2D eigenvalue weighted by molar-refractivity contribution is 9.10. The zero-order valence-electron chi connectivity index (χ0n) is 11.5. The topological polar surface area (TPSA) is 38.3 Å².